The molecule has 76 valence electrons. The van der Waals surface area contributed by atoms with Gasteiger partial charge in [-0.2, -0.15) is 0 Å². The second-order valence-electron chi connectivity index (χ2n) is 2.99. The highest BCUT2D eigenvalue weighted by molar-refractivity contribution is 9.10. The van der Waals surface area contributed by atoms with Crippen molar-refractivity contribution in [2.24, 2.45) is 5.73 Å². The molecule has 1 heterocycles. The third-order valence-electron chi connectivity index (χ3n) is 2.06. The van der Waals surface area contributed by atoms with Crippen molar-refractivity contribution in [1.82, 2.24) is 0 Å². The fourth-order valence-corrected chi connectivity index (χ4v) is 1.92. The summed E-state index contributed by atoms with van der Waals surface area (Å²) in [4.78, 5) is 0. The lowest BCUT2D eigenvalue weighted by Gasteiger charge is -2.10. The second kappa shape index (κ2) is 3.74. The van der Waals surface area contributed by atoms with Crippen molar-refractivity contribution in [1.29, 1.82) is 0 Å². The van der Waals surface area contributed by atoms with Crippen LogP contribution in [0, 0.1) is 0 Å². The van der Waals surface area contributed by atoms with Gasteiger partial charge in [-0.05, 0) is 17.7 Å². The molecule has 0 saturated heterocycles. The summed E-state index contributed by atoms with van der Waals surface area (Å²) in [6.07, 6.45) is 0. The average molecular weight is 262 g/mol. The molecule has 1 aromatic carbocycles. The topological polar surface area (TPSA) is 44.5 Å². The van der Waals surface area contributed by atoms with Crippen LogP contribution in [0.3, 0.4) is 0 Å². The van der Waals surface area contributed by atoms with Gasteiger partial charge in [-0.3, -0.25) is 0 Å². The molecule has 0 amide bonds. The maximum Gasteiger partial charge on any atom is 0.231 e. The number of fused-ring (bicyclic) bond motifs is 1. The number of nitrogens with two attached hydrogens (primary N) is 1. The van der Waals surface area contributed by atoms with Gasteiger partial charge in [-0.25, -0.2) is 4.39 Å². The molecule has 2 N–H and O–H groups in total. The molecular formula is C9H9BrFNO2. The summed E-state index contributed by atoms with van der Waals surface area (Å²) in [6.45, 7) is -0.395. The van der Waals surface area contributed by atoms with Gasteiger partial charge in [0.2, 0.25) is 6.79 Å². The Kier molecular flexibility index (Phi) is 2.60. The number of hydrogen-bond acceptors (Lipinski definition) is 3. The predicted molar refractivity (Wildman–Crippen MR) is 53.2 cm³/mol. The number of rotatable bonds is 2. The Balaban J connectivity index is 2.42. The fourth-order valence-electron chi connectivity index (χ4n) is 1.30. The fraction of sp³-hybridized carbons (Fsp3) is 0.333. The maximum atomic E-state index is 12.4. The molecule has 3 nitrogen and oxygen atoms in total. The van der Waals surface area contributed by atoms with Gasteiger partial charge in [0, 0.05) is 4.47 Å². The van der Waals surface area contributed by atoms with Crippen LogP contribution in [0.1, 0.15) is 11.6 Å². The summed E-state index contributed by atoms with van der Waals surface area (Å²) < 4.78 is 23.5. The summed E-state index contributed by atoms with van der Waals surface area (Å²) in [5.41, 5.74) is 6.28. The molecule has 0 aliphatic carbocycles. The summed E-state index contributed by atoms with van der Waals surface area (Å²) >= 11 is 3.31. The summed E-state index contributed by atoms with van der Waals surface area (Å²) in [6, 6.07) is 2.82. The highest BCUT2D eigenvalue weighted by Crippen LogP contribution is 2.38. The van der Waals surface area contributed by atoms with Crippen LogP contribution in [0.15, 0.2) is 16.6 Å². The van der Waals surface area contributed by atoms with E-state index >= 15 is 0 Å². The van der Waals surface area contributed by atoms with E-state index in [1.807, 2.05) is 0 Å². The van der Waals surface area contributed by atoms with E-state index in [0.717, 1.165) is 4.47 Å². The van der Waals surface area contributed by atoms with Crippen LogP contribution < -0.4 is 15.2 Å². The number of hydrogen-bond donors (Lipinski definition) is 1. The van der Waals surface area contributed by atoms with Crippen LogP contribution in [0.4, 0.5) is 4.39 Å². The molecule has 0 saturated carbocycles. The Labute approximate surface area is 89.1 Å². The lowest BCUT2D eigenvalue weighted by atomic mass is 10.1. The van der Waals surface area contributed by atoms with Crippen LogP contribution in [-0.4, -0.2) is 13.5 Å². The van der Waals surface area contributed by atoms with Gasteiger partial charge >= 0.3 is 0 Å². The number of halogens is 2. The van der Waals surface area contributed by atoms with E-state index in [4.69, 9.17) is 15.2 Å². The number of alkyl halides is 1. The standard InChI is InChI=1S/C9H9BrFNO2/c10-6-2-9-8(13-4-14-9)1-5(6)7(12)3-11/h1-2,7H,3-4,12H2/t7-/m1/s1. The van der Waals surface area contributed by atoms with Crippen LogP contribution in [-0.2, 0) is 0 Å². The first-order valence-electron chi connectivity index (χ1n) is 4.13. The van der Waals surface area contributed by atoms with Gasteiger partial charge < -0.3 is 15.2 Å². The largest absolute Gasteiger partial charge is 0.454 e. The summed E-state index contributed by atoms with van der Waals surface area (Å²) in [7, 11) is 0. The normalized spacial score (nSPS) is 15.6. The van der Waals surface area contributed by atoms with Crippen molar-refractivity contribution >= 4 is 15.9 Å². The maximum absolute atomic E-state index is 12.4. The molecule has 0 unspecified atom stereocenters. The third-order valence-corrected chi connectivity index (χ3v) is 2.74. The van der Waals surface area contributed by atoms with E-state index in [9.17, 15) is 4.39 Å². The van der Waals surface area contributed by atoms with Crippen LogP contribution in [0.2, 0.25) is 0 Å². The van der Waals surface area contributed by atoms with Crippen molar-refractivity contribution < 1.29 is 13.9 Å². The zero-order valence-electron chi connectivity index (χ0n) is 7.30. The van der Waals surface area contributed by atoms with E-state index in [2.05, 4.69) is 15.9 Å². The molecule has 1 aliphatic heterocycles. The molecule has 2 rings (SSSR count). The van der Waals surface area contributed by atoms with Gasteiger partial charge in [-0.1, -0.05) is 15.9 Å². The highest BCUT2D eigenvalue weighted by atomic mass is 79.9. The monoisotopic (exact) mass is 261 g/mol. The van der Waals surface area contributed by atoms with Gasteiger partial charge in [0.15, 0.2) is 11.5 Å². The molecule has 0 aromatic heterocycles. The van der Waals surface area contributed by atoms with Crippen molar-refractivity contribution in [3.05, 3.63) is 22.2 Å². The minimum absolute atomic E-state index is 0.204. The first kappa shape index (κ1) is 9.73. The van der Waals surface area contributed by atoms with Crippen molar-refractivity contribution in [3.63, 3.8) is 0 Å². The molecule has 1 atom stereocenters. The lowest BCUT2D eigenvalue weighted by Crippen LogP contribution is -2.12. The van der Waals surface area contributed by atoms with Gasteiger partial charge in [0.1, 0.15) is 6.67 Å². The lowest BCUT2D eigenvalue weighted by molar-refractivity contribution is 0.174. The first-order chi connectivity index (χ1) is 6.72. The minimum atomic E-state index is -0.626. The van der Waals surface area contributed by atoms with Crippen molar-refractivity contribution in [2.45, 2.75) is 6.04 Å². The zero-order valence-corrected chi connectivity index (χ0v) is 8.88. The zero-order chi connectivity index (χ0) is 10.1. The SMILES string of the molecule is N[C@H](CF)c1cc2c(cc1Br)OCO2. The Bertz CT molecular complexity index is 359. The van der Waals surface area contributed by atoms with Crippen LogP contribution in [0.5, 0.6) is 11.5 Å². The highest BCUT2D eigenvalue weighted by Gasteiger charge is 2.19. The average Bonchev–Trinajstić information content (AvgIpc) is 2.62. The smallest absolute Gasteiger partial charge is 0.231 e. The molecule has 0 radical (unpaired) electrons. The number of benzene rings is 1. The van der Waals surface area contributed by atoms with Crippen molar-refractivity contribution in [2.75, 3.05) is 13.5 Å². The molecule has 5 heteroatoms. The van der Waals surface area contributed by atoms with Gasteiger partial charge in [0.25, 0.3) is 0 Å². The van der Waals surface area contributed by atoms with E-state index in [1.54, 1.807) is 12.1 Å². The predicted octanol–water partition coefficient (Wildman–Crippen LogP) is 2.15. The third kappa shape index (κ3) is 1.57. The Hall–Kier alpha value is -0.810. The second-order valence-corrected chi connectivity index (χ2v) is 3.84. The Morgan fingerprint density at radius 1 is 1.43 bits per heavy atom. The quantitative estimate of drug-likeness (QED) is 0.888. The van der Waals surface area contributed by atoms with Crippen LogP contribution >= 0.6 is 15.9 Å². The summed E-state index contributed by atoms with van der Waals surface area (Å²) in [5, 5.41) is 0. The number of ether oxygens (including phenoxy) is 2. The molecule has 0 spiro atoms. The van der Waals surface area contributed by atoms with Crippen molar-refractivity contribution in [3.8, 4) is 11.5 Å². The molecular weight excluding hydrogens is 253 g/mol. The van der Waals surface area contributed by atoms with Crippen LogP contribution in [0.25, 0.3) is 0 Å². The Morgan fingerprint density at radius 2 is 2.07 bits per heavy atom. The molecule has 0 bridgehead atoms. The molecule has 0 fully saturated rings. The molecule has 14 heavy (non-hydrogen) atoms. The summed E-state index contributed by atoms with van der Waals surface area (Å²) in [5.74, 6) is 1.28. The first-order valence-corrected chi connectivity index (χ1v) is 4.92. The Morgan fingerprint density at radius 3 is 2.71 bits per heavy atom. The van der Waals surface area contributed by atoms with Gasteiger partial charge in [0.05, 0.1) is 6.04 Å². The molecule has 1 aliphatic rings. The van der Waals surface area contributed by atoms with E-state index in [1.165, 1.54) is 0 Å². The van der Waals surface area contributed by atoms with E-state index in [0.29, 0.717) is 17.1 Å². The minimum Gasteiger partial charge on any atom is -0.454 e. The van der Waals surface area contributed by atoms with E-state index < -0.39 is 12.7 Å². The molecule has 1 aromatic rings. The van der Waals surface area contributed by atoms with E-state index in [-0.39, 0.29) is 6.79 Å². The van der Waals surface area contributed by atoms with Gasteiger partial charge in [-0.15, -0.1) is 0 Å².